The Bertz CT molecular complexity index is 1550. The number of alkyl halides is 3. The zero-order valence-electron chi connectivity index (χ0n) is 24.6. The van der Waals surface area contributed by atoms with Crippen molar-refractivity contribution in [1.82, 2.24) is 19.4 Å². The van der Waals surface area contributed by atoms with Gasteiger partial charge in [0.25, 0.3) is 11.5 Å². The van der Waals surface area contributed by atoms with E-state index >= 15 is 4.39 Å². The summed E-state index contributed by atoms with van der Waals surface area (Å²) in [4.78, 5) is 38.4. The minimum atomic E-state index is -4.93. The van der Waals surface area contributed by atoms with Gasteiger partial charge >= 0.3 is 6.18 Å². The predicted octanol–water partition coefficient (Wildman–Crippen LogP) is 3.75. The number of pyridine rings is 2. The van der Waals surface area contributed by atoms with Crippen LogP contribution in [0.4, 0.5) is 34.8 Å². The summed E-state index contributed by atoms with van der Waals surface area (Å²) in [6.07, 6.45) is -2.51. The van der Waals surface area contributed by atoms with Crippen molar-refractivity contribution in [2.24, 2.45) is 7.05 Å². The fourth-order valence-corrected chi connectivity index (χ4v) is 5.42. The number of aromatic nitrogens is 2. The number of anilines is 3. The van der Waals surface area contributed by atoms with E-state index in [1.165, 1.54) is 19.2 Å². The van der Waals surface area contributed by atoms with E-state index in [1.807, 2.05) is 24.9 Å². The summed E-state index contributed by atoms with van der Waals surface area (Å²) in [6, 6.07) is 6.83. The molecule has 0 spiro atoms. The van der Waals surface area contributed by atoms with Gasteiger partial charge in [-0.15, -0.1) is 0 Å². The van der Waals surface area contributed by atoms with Gasteiger partial charge in [0.05, 0.1) is 22.5 Å². The van der Waals surface area contributed by atoms with Crippen LogP contribution in [-0.4, -0.2) is 91.2 Å². The number of hydrogen-bond donors (Lipinski definition) is 1. The highest BCUT2D eigenvalue weighted by atomic mass is 19.4. The number of amides is 1. The van der Waals surface area contributed by atoms with Crippen LogP contribution >= 0.6 is 0 Å². The fraction of sp³-hybridized carbons (Fsp3) is 0.433. The largest absolute Gasteiger partial charge is 0.417 e. The molecule has 4 heterocycles. The molecule has 1 N–H and O–H groups in total. The van der Waals surface area contributed by atoms with Crippen LogP contribution in [0, 0.1) is 5.82 Å². The van der Waals surface area contributed by atoms with Crippen LogP contribution in [-0.2, 0) is 13.2 Å². The number of halogens is 4. The third kappa shape index (κ3) is 6.52. The Labute approximate surface area is 247 Å². The van der Waals surface area contributed by atoms with Crippen LogP contribution in [0.3, 0.4) is 0 Å². The molecule has 0 bridgehead atoms. The number of benzene rings is 1. The number of hydrogen-bond acceptors (Lipinski definition) is 7. The minimum absolute atomic E-state index is 0.117. The summed E-state index contributed by atoms with van der Waals surface area (Å²) >= 11 is 0. The lowest BCUT2D eigenvalue weighted by atomic mass is 10.0. The molecule has 5 rings (SSSR count). The number of rotatable bonds is 5. The number of piperazine rings is 2. The summed E-state index contributed by atoms with van der Waals surface area (Å²) in [5, 5.41) is 2.60. The topological polar surface area (TPSA) is 77.0 Å². The number of carbonyl (C=O) groups excluding carboxylic acids is 1. The van der Waals surface area contributed by atoms with E-state index in [1.54, 1.807) is 12.3 Å². The second-order valence-electron chi connectivity index (χ2n) is 11.3. The molecule has 2 saturated heterocycles. The molecule has 0 aliphatic carbocycles. The molecule has 43 heavy (non-hydrogen) atoms. The second-order valence-corrected chi connectivity index (χ2v) is 11.3. The Morgan fingerprint density at radius 1 is 0.977 bits per heavy atom. The third-order valence-electron chi connectivity index (χ3n) is 8.30. The number of nitrogens with zero attached hydrogens (tertiary/aromatic N) is 6. The van der Waals surface area contributed by atoms with Gasteiger partial charge in [-0.3, -0.25) is 9.59 Å². The molecule has 2 aliphatic heterocycles. The van der Waals surface area contributed by atoms with E-state index < -0.39 is 34.6 Å². The standard InChI is InChI=1S/C30H35F4N7O2/c1-19-17-41(12-9-38(19)3)26-15-24(31)21(20-5-6-27(35-16-20)40-10-7-37(2)8-11-40)13-25(26)36-29(43)22-18-39(4)28(42)14-23(22)30(32,33)34/h5-6,13-16,18-19H,7-12,17H2,1-4H3,(H,36,43)/t19-/m0/s1. The average molecular weight is 602 g/mol. The average Bonchev–Trinajstić information content (AvgIpc) is 2.96. The second kappa shape index (κ2) is 12.0. The molecule has 2 aliphatic rings. The van der Waals surface area contributed by atoms with Crippen LogP contribution in [0.1, 0.15) is 22.8 Å². The van der Waals surface area contributed by atoms with E-state index in [0.717, 1.165) is 42.8 Å². The molecule has 1 aromatic carbocycles. The molecule has 2 fully saturated rings. The van der Waals surface area contributed by atoms with Crippen molar-refractivity contribution in [1.29, 1.82) is 0 Å². The molecule has 3 aromatic rings. The van der Waals surface area contributed by atoms with Gasteiger partial charge in [0.2, 0.25) is 0 Å². The number of carbonyl (C=O) groups is 1. The van der Waals surface area contributed by atoms with Crippen molar-refractivity contribution in [3.05, 3.63) is 70.0 Å². The molecular weight excluding hydrogens is 566 g/mol. The monoisotopic (exact) mass is 601 g/mol. The highest BCUT2D eigenvalue weighted by molar-refractivity contribution is 6.07. The van der Waals surface area contributed by atoms with Crippen LogP contribution in [0.5, 0.6) is 0 Å². The summed E-state index contributed by atoms with van der Waals surface area (Å²) in [5.74, 6) is -0.845. The zero-order valence-corrected chi connectivity index (χ0v) is 24.6. The van der Waals surface area contributed by atoms with Crippen molar-refractivity contribution in [3.63, 3.8) is 0 Å². The van der Waals surface area contributed by atoms with E-state index in [4.69, 9.17) is 0 Å². The Morgan fingerprint density at radius 3 is 2.30 bits per heavy atom. The first-order chi connectivity index (χ1) is 20.3. The van der Waals surface area contributed by atoms with Gasteiger partial charge in [0.1, 0.15) is 11.6 Å². The first-order valence-electron chi connectivity index (χ1n) is 14.1. The van der Waals surface area contributed by atoms with Gasteiger partial charge in [-0.25, -0.2) is 9.37 Å². The van der Waals surface area contributed by atoms with Gasteiger partial charge in [-0.2, -0.15) is 13.2 Å². The summed E-state index contributed by atoms with van der Waals surface area (Å²) in [7, 11) is 5.30. The first kappa shape index (κ1) is 30.5. The zero-order chi connectivity index (χ0) is 31.1. The van der Waals surface area contributed by atoms with Crippen LogP contribution in [0.15, 0.2) is 47.5 Å². The highest BCUT2D eigenvalue weighted by Gasteiger charge is 2.36. The molecule has 0 saturated carbocycles. The molecule has 230 valence electrons. The maximum Gasteiger partial charge on any atom is 0.417 e. The number of likely N-dealkylation sites (N-methyl/N-ethyl adjacent to an activating group) is 2. The predicted molar refractivity (Wildman–Crippen MR) is 158 cm³/mol. The van der Waals surface area contributed by atoms with Crippen LogP contribution in [0.2, 0.25) is 0 Å². The van der Waals surface area contributed by atoms with E-state index in [2.05, 4.69) is 32.0 Å². The van der Waals surface area contributed by atoms with E-state index in [9.17, 15) is 22.8 Å². The highest BCUT2D eigenvalue weighted by Crippen LogP contribution is 2.37. The lowest BCUT2D eigenvalue weighted by molar-refractivity contribution is -0.138. The number of aryl methyl sites for hydroxylation is 1. The molecule has 1 amide bonds. The van der Waals surface area contributed by atoms with Crippen molar-refractivity contribution >= 4 is 23.1 Å². The van der Waals surface area contributed by atoms with Gasteiger partial charge < -0.3 is 29.5 Å². The Morgan fingerprint density at radius 2 is 1.67 bits per heavy atom. The van der Waals surface area contributed by atoms with Crippen molar-refractivity contribution in [2.75, 3.05) is 75.0 Å². The Kier molecular flexibility index (Phi) is 8.48. The Balaban J connectivity index is 1.53. The quantitative estimate of drug-likeness (QED) is 0.447. The lowest BCUT2D eigenvalue weighted by Gasteiger charge is -2.39. The van der Waals surface area contributed by atoms with E-state index in [-0.39, 0.29) is 17.3 Å². The summed E-state index contributed by atoms with van der Waals surface area (Å²) in [5.41, 5.74) is -1.83. The van der Waals surface area contributed by atoms with Gasteiger partial charge in [0.15, 0.2) is 0 Å². The molecule has 0 unspecified atom stereocenters. The van der Waals surface area contributed by atoms with Crippen LogP contribution in [0.25, 0.3) is 11.1 Å². The van der Waals surface area contributed by atoms with Crippen LogP contribution < -0.4 is 20.7 Å². The molecule has 0 radical (unpaired) electrons. The molecule has 13 heteroatoms. The maximum atomic E-state index is 15.7. The number of nitrogens with one attached hydrogen (secondary N) is 1. The molecule has 2 aromatic heterocycles. The van der Waals surface area contributed by atoms with Crippen molar-refractivity contribution in [2.45, 2.75) is 19.1 Å². The normalized spacial score (nSPS) is 18.7. The summed E-state index contributed by atoms with van der Waals surface area (Å²) in [6.45, 7) is 7.17. The van der Waals surface area contributed by atoms with Crippen molar-refractivity contribution in [3.8, 4) is 11.1 Å². The Hall–Kier alpha value is -3.97. The van der Waals surface area contributed by atoms with Gasteiger partial charge in [-0.1, -0.05) is 0 Å². The van der Waals surface area contributed by atoms with Gasteiger partial charge in [-0.05, 0) is 45.3 Å². The summed E-state index contributed by atoms with van der Waals surface area (Å²) < 4.78 is 58.1. The third-order valence-corrected chi connectivity index (χ3v) is 8.30. The van der Waals surface area contributed by atoms with Crippen molar-refractivity contribution < 1.29 is 22.4 Å². The molecule has 9 nitrogen and oxygen atoms in total. The minimum Gasteiger partial charge on any atom is -0.367 e. The van der Waals surface area contributed by atoms with E-state index in [0.29, 0.717) is 37.0 Å². The fourth-order valence-electron chi connectivity index (χ4n) is 5.42. The molecular formula is C30H35F4N7O2. The SMILES string of the molecule is C[C@H]1CN(c2cc(F)c(-c3ccc(N4CCN(C)CC4)nc3)cc2NC(=O)c2cn(C)c(=O)cc2C(F)(F)F)CCN1C. The maximum absolute atomic E-state index is 15.7. The van der Waals surface area contributed by atoms with Gasteiger partial charge in [0, 0.05) is 88.5 Å². The lowest BCUT2D eigenvalue weighted by Crippen LogP contribution is -2.50. The molecule has 1 atom stereocenters. The first-order valence-corrected chi connectivity index (χ1v) is 14.1. The smallest absolute Gasteiger partial charge is 0.367 e.